The van der Waals surface area contributed by atoms with Crippen LogP contribution in [0.25, 0.3) is 11.1 Å². The molecular weight excluding hydrogens is 454 g/mol. The van der Waals surface area contributed by atoms with Crippen LogP contribution in [0.2, 0.25) is 0 Å². The van der Waals surface area contributed by atoms with E-state index in [4.69, 9.17) is 5.11 Å². The Labute approximate surface area is 211 Å². The molecular formula is C29H31N3O4. The molecule has 0 aromatic heterocycles. The van der Waals surface area contributed by atoms with Crippen LogP contribution in [0.5, 0.6) is 0 Å². The van der Waals surface area contributed by atoms with Gasteiger partial charge in [-0.15, -0.1) is 0 Å². The zero-order valence-electron chi connectivity index (χ0n) is 20.7. The predicted octanol–water partition coefficient (Wildman–Crippen LogP) is 4.71. The van der Waals surface area contributed by atoms with Crippen LogP contribution in [0.3, 0.4) is 0 Å². The number of hydrogen-bond donors (Lipinski definition) is 3. The van der Waals surface area contributed by atoms with Gasteiger partial charge >= 0.3 is 0 Å². The maximum absolute atomic E-state index is 12.5. The molecule has 7 nitrogen and oxygen atoms in total. The van der Waals surface area contributed by atoms with E-state index in [1.54, 1.807) is 6.92 Å². The van der Waals surface area contributed by atoms with Gasteiger partial charge < -0.3 is 20.6 Å². The van der Waals surface area contributed by atoms with Crippen molar-refractivity contribution in [2.75, 3.05) is 22.1 Å². The number of anilines is 3. The first-order valence-corrected chi connectivity index (χ1v) is 12.0. The SMILES string of the molecule is CC(=O)Nc1cccc(-c2ccc3c(c2)[C@H](Nc2ccc(CC(=O)CO)cc2)C[C@H](C)N3C(C)=O)c1. The number of aliphatic hydroxyl groups is 1. The third kappa shape index (κ3) is 5.63. The van der Waals surface area contributed by atoms with Gasteiger partial charge in [0.15, 0.2) is 5.78 Å². The molecule has 0 saturated carbocycles. The molecule has 2 atom stereocenters. The zero-order valence-corrected chi connectivity index (χ0v) is 20.7. The molecule has 186 valence electrons. The summed E-state index contributed by atoms with van der Waals surface area (Å²) in [7, 11) is 0. The standard InChI is InChI=1S/C29H31N3O4/c1-18-13-28(31-24-10-7-21(8-11-24)14-26(36)17-33)27-16-23(9-12-29(27)32(18)20(3)35)22-5-4-6-25(15-22)30-19(2)34/h4-12,15-16,18,28,31,33H,13-14,17H2,1-3H3,(H,30,34)/t18-,28+/m0/s1. The third-order valence-corrected chi connectivity index (χ3v) is 6.41. The molecule has 0 unspecified atom stereocenters. The van der Waals surface area contributed by atoms with Crippen molar-refractivity contribution in [2.45, 2.75) is 45.7 Å². The molecule has 7 heteroatoms. The van der Waals surface area contributed by atoms with Gasteiger partial charge in [-0.3, -0.25) is 14.4 Å². The van der Waals surface area contributed by atoms with Gasteiger partial charge in [0.25, 0.3) is 0 Å². The average molecular weight is 486 g/mol. The van der Waals surface area contributed by atoms with Gasteiger partial charge in [0, 0.05) is 43.4 Å². The lowest BCUT2D eigenvalue weighted by atomic mass is 9.88. The molecule has 2 amide bonds. The molecule has 3 N–H and O–H groups in total. The number of Topliss-reactive ketones (excluding diaryl/α,β-unsaturated/α-hetero) is 1. The molecule has 1 aliphatic heterocycles. The number of benzene rings is 3. The second kappa shape index (κ2) is 10.7. The minimum Gasteiger partial charge on any atom is -0.389 e. The number of carbonyl (C=O) groups excluding carboxylic acids is 3. The van der Waals surface area contributed by atoms with Gasteiger partial charge in [-0.25, -0.2) is 0 Å². The number of amides is 2. The maximum atomic E-state index is 12.5. The van der Waals surface area contributed by atoms with Crippen LogP contribution in [0, 0.1) is 0 Å². The van der Waals surface area contributed by atoms with Crippen LogP contribution in [0.1, 0.15) is 44.4 Å². The summed E-state index contributed by atoms with van der Waals surface area (Å²) in [6.07, 6.45) is 0.932. The van der Waals surface area contributed by atoms with Crippen LogP contribution >= 0.6 is 0 Å². The van der Waals surface area contributed by atoms with Crippen molar-refractivity contribution < 1.29 is 19.5 Å². The number of carbonyl (C=O) groups is 3. The van der Waals surface area contributed by atoms with Crippen LogP contribution in [0.4, 0.5) is 17.1 Å². The van der Waals surface area contributed by atoms with Crippen LogP contribution in [-0.4, -0.2) is 35.4 Å². The Hall–Kier alpha value is -3.97. The lowest BCUT2D eigenvalue weighted by Gasteiger charge is -2.39. The highest BCUT2D eigenvalue weighted by atomic mass is 16.3. The number of nitrogens with zero attached hydrogens (tertiary/aromatic N) is 1. The predicted molar refractivity (Wildman–Crippen MR) is 142 cm³/mol. The van der Waals surface area contributed by atoms with Crippen molar-refractivity contribution in [3.63, 3.8) is 0 Å². The van der Waals surface area contributed by atoms with E-state index in [0.717, 1.165) is 45.7 Å². The minimum atomic E-state index is -0.459. The Bertz CT molecular complexity index is 1290. The number of fused-ring (bicyclic) bond motifs is 1. The number of nitrogens with one attached hydrogen (secondary N) is 2. The lowest BCUT2D eigenvalue weighted by molar-refractivity contribution is -0.121. The molecule has 0 aliphatic carbocycles. The van der Waals surface area contributed by atoms with E-state index in [-0.39, 0.29) is 36.1 Å². The molecule has 3 aromatic carbocycles. The molecule has 0 bridgehead atoms. The van der Waals surface area contributed by atoms with E-state index < -0.39 is 6.61 Å². The van der Waals surface area contributed by atoms with Crippen molar-refractivity contribution >= 4 is 34.7 Å². The summed E-state index contributed by atoms with van der Waals surface area (Å²) < 4.78 is 0. The summed E-state index contributed by atoms with van der Waals surface area (Å²) in [5, 5.41) is 15.4. The zero-order chi connectivity index (χ0) is 25.8. The molecule has 1 aliphatic rings. The summed E-state index contributed by atoms with van der Waals surface area (Å²) in [4.78, 5) is 37.4. The van der Waals surface area contributed by atoms with Crippen molar-refractivity contribution in [1.29, 1.82) is 0 Å². The topological polar surface area (TPSA) is 98.7 Å². The third-order valence-electron chi connectivity index (χ3n) is 6.41. The lowest BCUT2D eigenvalue weighted by Crippen LogP contribution is -2.43. The Balaban J connectivity index is 1.68. The van der Waals surface area contributed by atoms with E-state index >= 15 is 0 Å². The quantitative estimate of drug-likeness (QED) is 0.450. The van der Waals surface area contributed by atoms with E-state index in [1.165, 1.54) is 6.92 Å². The van der Waals surface area contributed by atoms with E-state index in [9.17, 15) is 14.4 Å². The highest BCUT2D eigenvalue weighted by molar-refractivity contribution is 5.94. The molecule has 36 heavy (non-hydrogen) atoms. The smallest absolute Gasteiger partial charge is 0.224 e. The summed E-state index contributed by atoms with van der Waals surface area (Å²) in [6.45, 7) is 4.66. The second-order valence-electron chi connectivity index (χ2n) is 9.28. The summed E-state index contributed by atoms with van der Waals surface area (Å²) in [5.41, 5.74) is 6.34. The van der Waals surface area contributed by atoms with E-state index in [1.807, 2.05) is 72.5 Å². The fourth-order valence-electron chi connectivity index (χ4n) is 4.84. The van der Waals surface area contributed by atoms with Crippen molar-refractivity contribution in [3.8, 4) is 11.1 Å². The van der Waals surface area contributed by atoms with Crippen molar-refractivity contribution in [3.05, 3.63) is 77.9 Å². The van der Waals surface area contributed by atoms with E-state index in [0.29, 0.717) is 0 Å². The molecule has 1 heterocycles. The van der Waals surface area contributed by atoms with Gasteiger partial charge in [0.05, 0.1) is 6.04 Å². The normalized spacial score (nSPS) is 16.7. The first-order valence-electron chi connectivity index (χ1n) is 12.0. The van der Waals surface area contributed by atoms with Gasteiger partial charge in [0.1, 0.15) is 6.61 Å². The number of hydrogen-bond acceptors (Lipinski definition) is 5. The second-order valence-corrected chi connectivity index (χ2v) is 9.28. The van der Waals surface area contributed by atoms with E-state index in [2.05, 4.69) is 16.7 Å². The molecule has 4 rings (SSSR count). The van der Waals surface area contributed by atoms with Gasteiger partial charge in [0.2, 0.25) is 11.8 Å². The highest BCUT2D eigenvalue weighted by Gasteiger charge is 2.32. The van der Waals surface area contributed by atoms with Crippen molar-refractivity contribution in [2.24, 2.45) is 0 Å². The van der Waals surface area contributed by atoms with Crippen LogP contribution < -0.4 is 15.5 Å². The van der Waals surface area contributed by atoms with Gasteiger partial charge in [-0.05, 0) is 72.0 Å². The summed E-state index contributed by atoms with van der Waals surface area (Å²) in [5.74, 6) is -0.342. The highest BCUT2D eigenvalue weighted by Crippen LogP contribution is 2.41. The fourth-order valence-corrected chi connectivity index (χ4v) is 4.84. The first-order chi connectivity index (χ1) is 17.2. The van der Waals surface area contributed by atoms with Crippen molar-refractivity contribution in [1.82, 2.24) is 0 Å². The largest absolute Gasteiger partial charge is 0.389 e. The van der Waals surface area contributed by atoms with Gasteiger partial charge in [-0.2, -0.15) is 0 Å². The molecule has 0 fully saturated rings. The Morgan fingerprint density at radius 2 is 1.67 bits per heavy atom. The number of rotatable bonds is 7. The molecule has 3 aromatic rings. The summed E-state index contributed by atoms with van der Waals surface area (Å²) in [6, 6.07) is 21.4. The first kappa shape index (κ1) is 25.1. The average Bonchev–Trinajstić information content (AvgIpc) is 2.84. The van der Waals surface area contributed by atoms with Crippen LogP contribution in [-0.2, 0) is 20.8 Å². The summed E-state index contributed by atoms with van der Waals surface area (Å²) >= 11 is 0. The monoisotopic (exact) mass is 485 g/mol. The fraction of sp³-hybridized carbons (Fsp3) is 0.276. The Morgan fingerprint density at radius 1 is 0.944 bits per heavy atom. The molecule has 0 radical (unpaired) electrons. The van der Waals surface area contributed by atoms with Crippen LogP contribution in [0.15, 0.2) is 66.7 Å². The molecule has 0 saturated heterocycles. The number of ketones is 1. The maximum Gasteiger partial charge on any atom is 0.224 e. The molecule has 0 spiro atoms. The number of aliphatic hydroxyl groups excluding tert-OH is 1. The Morgan fingerprint density at radius 3 is 2.33 bits per heavy atom. The minimum absolute atomic E-state index is 0.000471. The van der Waals surface area contributed by atoms with Gasteiger partial charge in [-0.1, -0.05) is 30.3 Å². The Kier molecular flexibility index (Phi) is 7.50.